The zero-order chi connectivity index (χ0) is 9.26. The van der Waals surface area contributed by atoms with Gasteiger partial charge in [-0.25, -0.2) is 4.79 Å². The van der Waals surface area contributed by atoms with Crippen molar-refractivity contribution in [2.75, 3.05) is 7.11 Å². The molecular formula is C11H10O2. The SMILES string of the molecule is COC(=O)C1=CC2C=CC=CC2=C1. The van der Waals surface area contributed by atoms with E-state index < -0.39 is 0 Å². The molecule has 2 aliphatic carbocycles. The second-order valence-corrected chi connectivity index (χ2v) is 3.03. The van der Waals surface area contributed by atoms with Crippen LogP contribution in [0.2, 0.25) is 0 Å². The highest BCUT2D eigenvalue weighted by Crippen LogP contribution is 2.29. The molecule has 2 nitrogen and oxygen atoms in total. The average molecular weight is 174 g/mol. The van der Waals surface area contributed by atoms with Gasteiger partial charge in [0.2, 0.25) is 0 Å². The molecule has 0 spiro atoms. The van der Waals surface area contributed by atoms with Gasteiger partial charge in [-0.3, -0.25) is 0 Å². The lowest BCUT2D eigenvalue weighted by atomic mass is 9.98. The number of hydrogen-bond donors (Lipinski definition) is 0. The van der Waals surface area contributed by atoms with Crippen LogP contribution in [0.25, 0.3) is 0 Å². The van der Waals surface area contributed by atoms with Crippen LogP contribution >= 0.6 is 0 Å². The minimum absolute atomic E-state index is 0.260. The minimum atomic E-state index is -0.260. The summed E-state index contributed by atoms with van der Waals surface area (Å²) in [6.45, 7) is 0. The van der Waals surface area contributed by atoms with E-state index in [0.29, 0.717) is 5.57 Å². The normalized spacial score (nSPS) is 23.6. The molecular weight excluding hydrogens is 164 g/mol. The Morgan fingerprint density at radius 1 is 1.46 bits per heavy atom. The molecule has 2 rings (SSSR count). The molecule has 0 saturated carbocycles. The molecule has 2 heteroatoms. The average Bonchev–Trinajstić information content (AvgIpc) is 2.59. The summed E-state index contributed by atoms with van der Waals surface area (Å²) in [4.78, 5) is 11.2. The van der Waals surface area contributed by atoms with Crippen molar-refractivity contribution in [2.45, 2.75) is 0 Å². The molecule has 0 radical (unpaired) electrons. The first-order chi connectivity index (χ1) is 6.31. The van der Waals surface area contributed by atoms with E-state index in [1.807, 2.05) is 30.4 Å². The van der Waals surface area contributed by atoms with Gasteiger partial charge in [0.25, 0.3) is 0 Å². The van der Waals surface area contributed by atoms with Crippen LogP contribution < -0.4 is 0 Å². The number of fused-ring (bicyclic) bond motifs is 1. The molecule has 0 aromatic rings. The van der Waals surface area contributed by atoms with E-state index in [-0.39, 0.29) is 11.9 Å². The third kappa shape index (κ3) is 1.35. The lowest BCUT2D eigenvalue weighted by Crippen LogP contribution is -2.01. The summed E-state index contributed by atoms with van der Waals surface area (Å²) in [5, 5.41) is 0. The van der Waals surface area contributed by atoms with E-state index in [1.54, 1.807) is 0 Å². The number of rotatable bonds is 1. The number of carbonyl (C=O) groups excluding carboxylic acids is 1. The Morgan fingerprint density at radius 2 is 2.31 bits per heavy atom. The van der Waals surface area contributed by atoms with Crippen LogP contribution in [0, 0.1) is 5.92 Å². The summed E-state index contributed by atoms with van der Waals surface area (Å²) in [6.07, 6.45) is 11.8. The molecule has 0 aliphatic heterocycles. The van der Waals surface area contributed by atoms with Crippen molar-refractivity contribution in [3.8, 4) is 0 Å². The van der Waals surface area contributed by atoms with Crippen molar-refractivity contribution in [3.63, 3.8) is 0 Å². The Bertz CT molecular complexity index is 356. The summed E-state index contributed by atoms with van der Waals surface area (Å²) < 4.78 is 4.64. The summed E-state index contributed by atoms with van der Waals surface area (Å²) in [5.74, 6) is 0.00259. The highest BCUT2D eigenvalue weighted by atomic mass is 16.5. The number of carbonyl (C=O) groups is 1. The fourth-order valence-electron chi connectivity index (χ4n) is 1.53. The molecule has 1 atom stereocenters. The molecule has 0 saturated heterocycles. The van der Waals surface area contributed by atoms with Gasteiger partial charge in [-0.05, 0) is 11.6 Å². The maximum atomic E-state index is 11.2. The molecule has 66 valence electrons. The largest absolute Gasteiger partial charge is 0.465 e. The number of hydrogen-bond acceptors (Lipinski definition) is 2. The highest BCUT2D eigenvalue weighted by molar-refractivity contribution is 5.93. The Morgan fingerprint density at radius 3 is 3.00 bits per heavy atom. The van der Waals surface area contributed by atoms with Crippen molar-refractivity contribution in [3.05, 3.63) is 47.6 Å². The van der Waals surface area contributed by atoms with Gasteiger partial charge in [0.1, 0.15) is 0 Å². The summed E-state index contributed by atoms with van der Waals surface area (Å²) >= 11 is 0. The zero-order valence-electron chi connectivity index (χ0n) is 7.36. The lowest BCUT2D eigenvalue weighted by molar-refractivity contribution is -0.135. The second-order valence-electron chi connectivity index (χ2n) is 3.03. The Balaban J connectivity index is 2.27. The van der Waals surface area contributed by atoms with Gasteiger partial charge >= 0.3 is 5.97 Å². The van der Waals surface area contributed by atoms with Crippen LogP contribution in [0.4, 0.5) is 0 Å². The molecule has 13 heavy (non-hydrogen) atoms. The van der Waals surface area contributed by atoms with Crippen molar-refractivity contribution in [1.29, 1.82) is 0 Å². The van der Waals surface area contributed by atoms with Crippen LogP contribution in [0.5, 0.6) is 0 Å². The third-order valence-corrected chi connectivity index (χ3v) is 2.21. The van der Waals surface area contributed by atoms with Crippen LogP contribution in [0.3, 0.4) is 0 Å². The molecule has 0 heterocycles. The lowest BCUT2D eigenvalue weighted by Gasteiger charge is -2.06. The van der Waals surface area contributed by atoms with Crippen molar-refractivity contribution >= 4 is 5.97 Å². The van der Waals surface area contributed by atoms with E-state index in [1.165, 1.54) is 7.11 Å². The number of methoxy groups -OCH3 is 1. The topological polar surface area (TPSA) is 26.3 Å². The minimum Gasteiger partial charge on any atom is -0.465 e. The van der Waals surface area contributed by atoms with E-state index in [9.17, 15) is 4.79 Å². The Hall–Kier alpha value is -1.57. The van der Waals surface area contributed by atoms with Crippen molar-refractivity contribution in [2.24, 2.45) is 5.92 Å². The van der Waals surface area contributed by atoms with Gasteiger partial charge < -0.3 is 4.74 Å². The van der Waals surface area contributed by atoms with Crippen LogP contribution in [-0.2, 0) is 9.53 Å². The molecule has 0 bridgehead atoms. The first kappa shape index (κ1) is 8.05. The summed E-state index contributed by atoms with van der Waals surface area (Å²) in [5.41, 5.74) is 1.81. The number of ether oxygens (including phenoxy) is 1. The molecule has 0 fully saturated rings. The number of allylic oxidation sites excluding steroid dienone is 6. The fourth-order valence-corrected chi connectivity index (χ4v) is 1.53. The Kier molecular flexibility index (Phi) is 1.89. The van der Waals surface area contributed by atoms with E-state index in [0.717, 1.165) is 5.57 Å². The first-order valence-electron chi connectivity index (χ1n) is 4.18. The Labute approximate surface area is 76.9 Å². The van der Waals surface area contributed by atoms with Gasteiger partial charge in [-0.2, -0.15) is 0 Å². The van der Waals surface area contributed by atoms with Gasteiger partial charge in [0.15, 0.2) is 0 Å². The maximum Gasteiger partial charge on any atom is 0.337 e. The standard InChI is InChI=1S/C11H10O2/c1-13-11(12)10-6-8-4-2-3-5-9(8)7-10/h2-8H,1H3. The van der Waals surface area contributed by atoms with Gasteiger partial charge in [0.05, 0.1) is 12.7 Å². The van der Waals surface area contributed by atoms with Gasteiger partial charge in [-0.15, -0.1) is 0 Å². The quantitative estimate of drug-likeness (QED) is 0.566. The predicted octanol–water partition coefficient (Wildman–Crippen LogP) is 1.77. The fraction of sp³-hybridized carbons (Fsp3) is 0.182. The van der Waals surface area contributed by atoms with Gasteiger partial charge in [-0.1, -0.05) is 30.4 Å². The molecule has 1 unspecified atom stereocenters. The zero-order valence-corrected chi connectivity index (χ0v) is 7.36. The van der Waals surface area contributed by atoms with Crippen LogP contribution in [0.1, 0.15) is 0 Å². The molecule has 0 aromatic heterocycles. The van der Waals surface area contributed by atoms with Gasteiger partial charge in [0, 0.05) is 5.92 Å². The summed E-state index contributed by atoms with van der Waals surface area (Å²) in [6, 6.07) is 0. The smallest absolute Gasteiger partial charge is 0.337 e. The van der Waals surface area contributed by atoms with Crippen LogP contribution in [0.15, 0.2) is 47.6 Å². The number of esters is 1. The first-order valence-corrected chi connectivity index (χ1v) is 4.18. The molecule has 0 N–H and O–H groups in total. The molecule has 0 aromatic carbocycles. The molecule has 2 aliphatic rings. The highest BCUT2D eigenvalue weighted by Gasteiger charge is 2.20. The van der Waals surface area contributed by atoms with E-state index in [4.69, 9.17) is 0 Å². The van der Waals surface area contributed by atoms with E-state index >= 15 is 0 Å². The van der Waals surface area contributed by atoms with Crippen molar-refractivity contribution < 1.29 is 9.53 Å². The van der Waals surface area contributed by atoms with E-state index in [2.05, 4.69) is 10.8 Å². The maximum absolute atomic E-state index is 11.2. The monoisotopic (exact) mass is 174 g/mol. The second kappa shape index (κ2) is 3.05. The predicted molar refractivity (Wildman–Crippen MR) is 50.0 cm³/mol. The third-order valence-electron chi connectivity index (χ3n) is 2.21. The summed E-state index contributed by atoms with van der Waals surface area (Å²) in [7, 11) is 1.40. The molecule has 0 amide bonds. The van der Waals surface area contributed by atoms with Crippen molar-refractivity contribution in [1.82, 2.24) is 0 Å². The van der Waals surface area contributed by atoms with Crippen LogP contribution in [-0.4, -0.2) is 13.1 Å².